The first-order chi connectivity index (χ1) is 14.9. The average molecular weight is 428 g/mol. The quantitative estimate of drug-likeness (QED) is 0.307. The third-order valence-corrected chi connectivity index (χ3v) is 6.46. The molecular formula is C24H28O7. The van der Waals surface area contributed by atoms with Gasteiger partial charge in [-0.25, -0.2) is 9.59 Å². The standard InChI is InChI=1S/C24H28O7/c1-14-17-9-7-15(6-5-11-24(2)21(31-24)20(17)30-22(14)25)13-29-23(26)18-10-8-16(27-3)12-19(18)28-4/h6,8,10,12,17,20-21H,1,5,7,9,11,13H2,2-4H3/t17-,20-,21-,24+/m0/s1. The van der Waals surface area contributed by atoms with E-state index in [2.05, 4.69) is 19.6 Å². The smallest absolute Gasteiger partial charge is 0.342 e. The maximum Gasteiger partial charge on any atom is 0.342 e. The first-order valence-electron chi connectivity index (χ1n) is 10.5. The summed E-state index contributed by atoms with van der Waals surface area (Å²) in [5.74, 6) is 0.112. The van der Waals surface area contributed by atoms with Gasteiger partial charge in [-0.15, -0.1) is 0 Å². The van der Waals surface area contributed by atoms with E-state index in [-0.39, 0.29) is 36.3 Å². The number of carbonyl (C=O) groups is 2. The van der Waals surface area contributed by atoms with Crippen LogP contribution < -0.4 is 9.47 Å². The van der Waals surface area contributed by atoms with Gasteiger partial charge >= 0.3 is 11.9 Å². The van der Waals surface area contributed by atoms with Gasteiger partial charge in [0.15, 0.2) is 0 Å². The van der Waals surface area contributed by atoms with E-state index in [4.69, 9.17) is 23.7 Å². The molecule has 1 aromatic carbocycles. The Balaban J connectivity index is 1.45. The maximum absolute atomic E-state index is 12.7. The fourth-order valence-electron chi connectivity index (χ4n) is 4.45. The number of hydrogen-bond acceptors (Lipinski definition) is 7. The van der Waals surface area contributed by atoms with Crippen molar-refractivity contribution in [3.8, 4) is 11.5 Å². The van der Waals surface area contributed by atoms with Gasteiger partial charge < -0.3 is 23.7 Å². The van der Waals surface area contributed by atoms with E-state index in [1.165, 1.54) is 7.11 Å². The van der Waals surface area contributed by atoms with E-state index < -0.39 is 5.97 Å². The molecule has 2 heterocycles. The molecule has 0 bridgehead atoms. The van der Waals surface area contributed by atoms with Crippen molar-refractivity contribution in [3.05, 3.63) is 47.6 Å². The monoisotopic (exact) mass is 428 g/mol. The first kappa shape index (κ1) is 21.4. The molecule has 4 rings (SSSR count). The summed E-state index contributed by atoms with van der Waals surface area (Å²) in [5, 5.41) is 0. The van der Waals surface area contributed by atoms with E-state index in [0.717, 1.165) is 18.4 Å². The lowest BCUT2D eigenvalue weighted by Crippen LogP contribution is -2.29. The highest BCUT2D eigenvalue weighted by Crippen LogP contribution is 2.49. The van der Waals surface area contributed by atoms with Crippen LogP contribution in [0.15, 0.2) is 42.0 Å². The number of ether oxygens (including phenoxy) is 5. The zero-order valence-electron chi connectivity index (χ0n) is 18.1. The predicted octanol–water partition coefficient (Wildman–Crippen LogP) is 3.62. The summed E-state index contributed by atoms with van der Waals surface area (Å²) >= 11 is 0. The number of epoxide rings is 1. The molecule has 0 unspecified atom stereocenters. The highest BCUT2D eigenvalue weighted by Gasteiger charge is 2.61. The van der Waals surface area contributed by atoms with E-state index in [9.17, 15) is 9.59 Å². The number of esters is 2. The van der Waals surface area contributed by atoms with Crippen LogP contribution >= 0.6 is 0 Å². The summed E-state index contributed by atoms with van der Waals surface area (Å²) in [6.45, 7) is 6.16. The van der Waals surface area contributed by atoms with Gasteiger partial charge in [-0.1, -0.05) is 12.7 Å². The molecule has 31 heavy (non-hydrogen) atoms. The molecule has 0 spiro atoms. The van der Waals surface area contributed by atoms with Gasteiger partial charge in [0.05, 0.1) is 19.8 Å². The van der Waals surface area contributed by atoms with E-state index in [1.807, 2.05) is 0 Å². The molecule has 7 heteroatoms. The summed E-state index contributed by atoms with van der Waals surface area (Å²) in [6, 6.07) is 4.97. The second-order valence-electron chi connectivity index (χ2n) is 8.43. The van der Waals surface area contributed by atoms with E-state index in [1.54, 1.807) is 25.3 Å². The third-order valence-electron chi connectivity index (χ3n) is 6.46. The number of rotatable bonds is 5. The fraction of sp³-hybridized carbons (Fsp3) is 0.500. The molecule has 1 aromatic rings. The normalized spacial score (nSPS) is 29.8. The number of allylic oxidation sites excluding steroid dienone is 1. The van der Waals surface area contributed by atoms with Gasteiger partial charge in [-0.2, -0.15) is 0 Å². The van der Waals surface area contributed by atoms with Gasteiger partial charge in [0, 0.05) is 17.6 Å². The van der Waals surface area contributed by atoms with Crippen molar-refractivity contribution in [3.63, 3.8) is 0 Å². The number of carbonyl (C=O) groups excluding carboxylic acids is 2. The molecule has 0 saturated carbocycles. The zero-order valence-corrected chi connectivity index (χ0v) is 18.1. The van der Waals surface area contributed by atoms with Crippen LogP contribution in [0, 0.1) is 5.92 Å². The molecular weight excluding hydrogens is 400 g/mol. The van der Waals surface area contributed by atoms with Crippen molar-refractivity contribution in [2.75, 3.05) is 20.8 Å². The zero-order chi connectivity index (χ0) is 22.2. The minimum atomic E-state index is -0.461. The number of benzene rings is 1. The van der Waals surface area contributed by atoms with Crippen LogP contribution in [0.3, 0.4) is 0 Å². The Morgan fingerprint density at radius 2 is 2.10 bits per heavy atom. The molecule has 1 aliphatic carbocycles. The first-order valence-corrected chi connectivity index (χ1v) is 10.5. The molecule has 4 atom stereocenters. The summed E-state index contributed by atoms with van der Waals surface area (Å²) in [6.07, 6.45) is 4.76. The van der Waals surface area contributed by atoms with Crippen LogP contribution in [0.1, 0.15) is 43.0 Å². The van der Waals surface area contributed by atoms with Crippen molar-refractivity contribution >= 4 is 11.9 Å². The maximum atomic E-state index is 12.7. The Bertz CT molecular complexity index is 934. The predicted molar refractivity (Wildman–Crippen MR) is 112 cm³/mol. The highest BCUT2D eigenvalue weighted by molar-refractivity contribution is 5.93. The van der Waals surface area contributed by atoms with Crippen molar-refractivity contribution in [1.29, 1.82) is 0 Å². The Hall–Kier alpha value is -2.80. The van der Waals surface area contributed by atoms with Crippen LogP contribution in [-0.2, 0) is 19.0 Å². The molecule has 0 N–H and O–H groups in total. The van der Waals surface area contributed by atoms with Crippen LogP contribution in [-0.4, -0.2) is 50.6 Å². The van der Waals surface area contributed by atoms with Gasteiger partial charge in [0.2, 0.25) is 0 Å². The van der Waals surface area contributed by atoms with Crippen molar-refractivity contribution in [2.24, 2.45) is 5.92 Å². The molecule has 0 amide bonds. The van der Waals surface area contributed by atoms with E-state index in [0.29, 0.717) is 35.5 Å². The molecule has 166 valence electrons. The van der Waals surface area contributed by atoms with Crippen molar-refractivity contribution in [2.45, 2.75) is 50.4 Å². The molecule has 7 nitrogen and oxygen atoms in total. The van der Waals surface area contributed by atoms with Crippen LogP contribution in [0.5, 0.6) is 11.5 Å². The molecule has 2 saturated heterocycles. The Labute approximate surface area is 181 Å². The lowest BCUT2D eigenvalue weighted by molar-refractivity contribution is -0.140. The second kappa shape index (κ2) is 8.38. The van der Waals surface area contributed by atoms with Gasteiger partial charge in [-0.3, -0.25) is 0 Å². The lowest BCUT2D eigenvalue weighted by Gasteiger charge is -2.20. The molecule has 0 radical (unpaired) electrons. The van der Waals surface area contributed by atoms with E-state index >= 15 is 0 Å². The van der Waals surface area contributed by atoms with Crippen LogP contribution in [0.2, 0.25) is 0 Å². The summed E-state index contributed by atoms with van der Waals surface area (Å²) in [4.78, 5) is 24.7. The SMILES string of the molecule is C=C1C(=O)O[C@H]2[C@H]1CCC(COC(=O)c1ccc(OC)cc1OC)=CCC[C@@]1(C)O[C@@H]21. The Morgan fingerprint density at radius 1 is 1.29 bits per heavy atom. The minimum absolute atomic E-state index is 0.0731. The summed E-state index contributed by atoms with van der Waals surface area (Å²) in [5.41, 5.74) is 1.56. The van der Waals surface area contributed by atoms with Crippen molar-refractivity contribution in [1.82, 2.24) is 0 Å². The summed E-state index contributed by atoms with van der Waals surface area (Å²) < 4.78 is 27.6. The number of fused-ring (bicyclic) bond motifs is 3. The fourth-order valence-corrected chi connectivity index (χ4v) is 4.45. The van der Waals surface area contributed by atoms with Crippen molar-refractivity contribution < 1.29 is 33.3 Å². The average Bonchev–Trinajstić information content (AvgIpc) is 3.36. The third kappa shape index (κ3) is 4.19. The van der Waals surface area contributed by atoms with Gasteiger partial charge in [0.25, 0.3) is 0 Å². The lowest BCUT2D eigenvalue weighted by atomic mass is 9.84. The Kier molecular flexibility index (Phi) is 5.79. The van der Waals surface area contributed by atoms with Gasteiger partial charge in [-0.05, 0) is 50.3 Å². The molecule has 0 aromatic heterocycles. The molecule has 3 aliphatic rings. The summed E-state index contributed by atoms with van der Waals surface area (Å²) in [7, 11) is 3.05. The number of hydrogen-bond donors (Lipinski definition) is 0. The van der Waals surface area contributed by atoms with Crippen LogP contribution in [0.4, 0.5) is 0 Å². The van der Waals surface area contributed by atoms with Gasteiger partial charge in [0.1, 0.15) is 35.9 Å². The van der Waals surface area contributed by atoms with Crippen LogP contribution in [0.25, 0.3) is 0 Å². The topological polar surface area (TPSA) is 83.6 Å². The second-order valence-corrected chi connectivity index (χ2v) is 8.43. The molecule has 2 fully saturated rings. The highest BCUT2D eigenvalue weighted by atomic mass is 16.6. The Morgan fingerprint density at radius 3 is 2.84 bits per heavy atom. The largest absolute Gasteiger partial charge is 0.497 e. The minimum Gasteiger partial charge on any atom is -0.497 e. The number of methoxy groups -OCH3 is 2. The molecule has 2 aliphatic heterocycles.